The highest BCUT2D eigenvalue weighted by atomic mass is 16.3. The van der Waals surface area contributed by atoms with E-state index < -0.39 is 53.6 Å². The van der Waals surface area contributed by atoms with E-state index in [1.807, 2.05) is 155 Å². The van der Waals surface area contributed by atoms with Crippen LogP contribution in [0.4, 0.5) is 0 Å². The van der Waals surface area contributed by atoms with Crippen LogP contribution in [0.25, 0.3) is 0 Å². The molecule has 0 aliphatic carbocycles. The maximum absolute atomic E-state index is 15.3. The number of nitrogens with zero attached hydrogens (tertiary/aromatic N) is 3. The van der Waals surface area contributed by atoms with Crippen molar-refractivity contribution in [2.24, 2.45) is 0 Å². The summed E-state index contributed by atoms with van der Waals surface area (Å²) in [5, 5.41) is 32.5. The van der Waals surface area contributed by atoms with E-state index in [2.05, 4.69) is 10.6 Å². The van der Waals surface area contributed by atoms with Crippen molar-refractivity contribution in [3.63, 3.8) is 0 Å². The van der Waals surface area contributed by atoms with Crippen molar-refractivity contribution in [3.05, 3.63) is 179 Å². The molecule has 10 heteroatoms. The van der Waals surface area contributed by atoms with Crippen LogP contribution in [0.2, 0.25) is 0 Å². The largest absolute Gasteiger partial charge is 0.389 e. The SMILES string of the molecule is CC1(C)NC(C(O)[C@H](Cc2ccccc2)N(C(=O)c2ccccc2)[C@@H](Cc2ccccc2)C(O)C2NC(C)(C)N(Cc3ccccc3)C2=O)C(=O)N1Cc1ccccc1. The zero-order valence-corrected chi connectivity index (χ0v) is 34.2. The predicted molar refractivity (Wildman–Crippen MR) is 228 cm³/mol. The van der Waals surface area contributed by atoms with Crippen molar-refractivity contribution in [1.82, 2.24) is 25.3 Å². The van der Waals surface area contributed by atoms with Gasteiger partial charge in [-0.3, -0.25) is 25.0 Å². The third-order valence-corrected chi connectivity index (χ3v) is 11.8. The molecule has 3 amide bonds. The van der Waals surface area contributed by atoms with E-state index in [0.29, 0.717) is 18.7 Å². The minimum absolute atomic E-state index is 0.154. The molecule has 0 bridgehead atoms. The van der Waals surface area contributed by atoms with Gasteiger partial charge < -0.3 is 24.9 Å². The molecule has 4 unspecified atom stereocenters. The number of amides is 3. The fourth-order valence-electron chi connectivity index (χ4n) is 8.67. The number of hydrogen-bond acceptors (Lipinski definition) is 7. The van der Waals surface area contributed by atoms with Crippen LogP contribution in [0.1, 0.15) is 60.3 Å². The fraction of sp³-hybridized carbons (Fsp3) is 0.327. The van der Waals surface area contributed by atoms with Gasteiger partial charge in [-0.15, -0.1) is 0 Å². The Morgan fingerprint density at radius 2 is 0.847 bits per heavy atom. The van der Waals surface area contributed by atoms with Crippen LogP contribution in [-0.2, 0) is 35.5 Å². The number of benzene rings is 5. The molecule has 0 saturated carbocycles. The lowest BCUT2D eigenvalue weighted by Gasteiger charge is -2.44. The number of nitrogens with one attached hydrogen (secondary N) is 2. The summed E-state index contributed by atoms with van der Waals surface area (Å²) in [5.41, 5.74) is 2.19. The molecule has 0 radical (unpaired) electrons. The second kappa shape index (κ2) is 17.7. The molecule has 2 fully saturated rings. The molecule has 5 aromatic carbocycles. The molecule has 4 N–H and O–H groups in total. The van der Waals surface area contributed by atoms with Crippen LogP contribution in [0.3, 0.4) is 0 Å². The van der Waals surface area contributed by atoms with E-state index in [1.54, 1.807) is 39.0 Å². The van der Waals surface area contributed by atoms with Gasteiger partial charge in [0.25, 0.3) is 5.91 Å². The van der Waals surface area contributed by atoms with Gasteiger partial charge in [-0.1, -0.05) is 140 Å². The van der Waals surface area contributed by atoms with E-state index >= 15 is 4.79 Å². The van der Waals surface area contributed by atoms with Gasteiger partial charge >= 0.3 is 0 Å². The average Bonchev–Trinajstić information content (AvgIpc) is 3.62. The lowest BCUT2D eigenvalue weighted by atomic mass is 9.88. The molecule has 7 rings (SSSR count). The first-order chi connectivity index (χ1) is 28.3. The molecule has 0 spiro atoms. The summed E-state index contributed by atoms with van der Waals surface area (Å²) in [6.07, 6.45) is -2.58. The maximum atomic E-state index is 15.3. The van der Waals surface area contributed by atoms with Crippen LogP contribution >= 0.6 is 0 Å². The van der Waals surface area contributed by atoms with Gasteiger partial charge in [0, 0.05) is 18.7 Å². The van der Waals surface area contributed by atoms with Gasteiger partial charge in [-0.25, -0.2) is 0 Å². The Balaban J connectivity index is 1.33. The molecule has 2 heterocycles. The van der Waals surface area contributed by atoms with Crippen LogP contribution in [0, 0.1) is 0 Å². The Bertz CT molecular complexity index is 2040. The first-order valence-electron chi connectivity index (χ1n) is 20.4. The standard InChI is InChI=1S/C49H55N5O5/c1-48(2)50-41(46(58)52(48)32-36-24-14-7-15-25-36)43(55)39(30-34-20-10-5-11-21-34)54(45(57)38-28-18-9-19-29-38)40(31-35-22-12-6-13-23-35)44(56)42-47(59)53(49(3,4)51-42)33-37-26-16-8-17-27-37/h5-29,39-44,50-51,55-56H,30-33H2,1-4H3/t39-,40-,41?,42?,43?,44?/m0/s1. The predicted octanol–water partition coefficient (Wildman–Crippen LogP) is 5.55. The minimum Gasteiger partial charge on any atom is -0.389 e. The Labute approximate surface area is 347 Å². The summed E-state index contributed by atoms with van der Waals surface area (Å²) < 4.78 is 0. The third kappa shape index (κ3) is 9.16. The van der Waals surface area contributed by atoms with Crippen LogP contribution in [0.15, 0.2) is 152 Å². The number of aliphatic hydroxyl groups excluding tert-OH is 2. The summed E-state index contributed by atoms with van der Waals surface area (Å²) in [6.45, 7) is 8.26. The van der Waals surface area contributed by atoms with Crippen molar-refractivity contribution in [1.29, 1.82) is 0 Å². The lowest BCUT2D eigenvalue weighted by Crippen LogP contribution is -2.64. The molecule has 306 valence electrons. The van der Waals surface area contributed by atoms with E-state index in [0.717, 1.165) is 22.3 Å². The Morgan fingerprint density at radius 3 is 1.19 bits per heavy atom. The number of aliphatic hydroxyl groups is 2. The fourth-order valence-corrected chi connectivity index (χ4v) is 8.67. The van der Waals surface area contributed by atoms with Crippen molar-refractivity contribution in [2.75, 3.05) is 0 Å². The minimum atomic E-state index is -1.45. The van der Waals surface area contributed by atoms with Gasteiger partial charge in [0.1, 0.15) is 12.1 Å². The van der Waals surface area contributed by atoms with Crippen LogP contribution < -0.4 is 10.6 Å². The van der Waals surface area contributed by atoms with Gasteiger partial charge in [-0.05, 0) is 74.9 Å². The highest BCUT2D eigenvalue weighted by molar-refractivity contribution is 5.95. The van der Waals surface area contributed by atoms with E-state index in [1.165, 1.54) is 0 Å². The first-order valence-corrected chi connectivity index (χ1v) is 20.4. The first kappa shape index (κ1) is 41.5. The highest BCUT2D eigenvalue weighted by Gasteiger charge is 2.54. The van der Waals surface area contributed by atoms with Gasteiger partial charge in [0.2, 0.25) is 11.8 Å². The van der Waals surface area contributed by atoms with Crippen molar-refractivity contribution in [3.8, 4) is 0 Å². The van der Waals surface area contributed by atoms with E-state index in [9.17, 15) is 19.8 Å². The molecule has 5 aromatic rings. The van der Waals surface area contributed by atoms with Crippen molar-refractivity contribution in [2.45, 2.75) is 101 Å². The summed E-state index contributed by atoms with van der Waals surface area (Å²) >= 11 is 0. The van der Waals surface area contributed by atoms with Gasteiger partial charge in [-0.2, -0.15) is 0 Å². The zero-order valence-electron chi connectivity index (χ0n) is 34.2. The summed E-state index contributed by atoms with van der Waals surface area (Å²) in [7, 11) is 0. The number of hydrogen-bond donors (Lipinski definition) is 4. The van der Waals surface area contributed by atoms with Gasteiger partial charge in [0.15, 0.2) is 0 Å². The Hall–Kier alpha value is -5.65. The van der Waals surface area contributed by atoms with Crippen molar-refractivity contribution < 1.29 is 24.6 Å². The normalized spacial score (nSPS) is 20.6. The summed E-state index contributed by atoms with van der Waals surface area (Å²) in [4.78, 5) is 49.5. The van der Waals surface area contributed by atoms with E-state index in [-0.39, 0.29) is 24.7 Å². The van der Waals surface area contributed by atoms with Gasteiger partial charge in [0.05, 0.1) is 35.6 Å². The third-order valence-electron chi connectivity index (χ3n) is 11.8. The van der Waals surface area contributed by atoms with Crippen LogP contribution in [-0.4, -0.2) is 90.3 Å². The number of carbonyl (C=O) groups excluding carboxylic acids is 3. The number of carbonyl (C=O) groups is 3. The lowest BCUT2D eigenvalue weighted by molar-refractivity contribution is -0.135. The highest BCUT2D eigenvalue weighted by Crippen LogP contribution is 2.33. The average molecular weight is 794 g/mol. The van der Waals surface area contributed by atoms with E-state index in [4.69, 9.17) is 0 Å². The second-order valence-corrected chi connectivity index (χ2v) is 16.8. The molecule has 0 aromatic heterocycles. The molecular weight excluding hydrogens is 739 g/mol. The molecular formula is C49H55N5O5. The Kier molecular flexibility index (Phi) is 12.4. The Morgan fingerprint density at radius 1 is 0.542 bits per heavy atom. The second-order valence-electron chi connectivity index (χ2n) is 16.8. The molecule has 59 heavy (non-hydrogen) atoms. The van der Waals surface area contributed by atoms with Crippen LogP contribution in [0.5, 0.6) is 0 Å². The monoisotopic (exact) mass is 793 g/mol. The topological polar surface area (TPSA) is 125 Å². The smallest absolute Gasteiger partial charge is 0.254 e. The molecule has 10 nitrogen and oxygen atoms in total. The molecule has 2 saturated heterocycles. The molecule has 2 aliphatic rings. The summed E-state index contributed by atoms with van der Waals surface area (Å²) in [6, 6.07) is 43.0. The summed E-state index contributed by atoms with van der Waals surface area (Å²) in [5.74, 6) is -1.05. The molecule has 6 atom stereocenters. The maximum Gasteiger partial charge on any atom is 0.254 e. The quantitative estimate of drug-likeness (QED) is 0.110. The van der Waals surface area contributed by atoms with Crippen molar-refractivity contribution >= 4 is 17.7 Å². The number of rotatable bonds is 15. The zero-order chi connectivity index (χ0) is 41.7. The molecule has 2 aliphatic heterocycles.